The van der Waals surface area contributed by atoms with Gasteiger partial charge in [0.15, 0.2) is 0 Å². The van der Waals surface area contributed by atoms with Gasteiger partial charge >= 0.3 is 0 Å². The normalized spacial score (nSPS) is 17.9. The zero-order chi connectivity index (χ0) is 11.4. The molecule has 0 radical (unpaired) electrons. The molecule has 0 bridgehead atoms. The summed E-state index contributed by atoms with van der Waals surface area (Å²) < 4.78 is 5.33. The summed E-state index contributed by atoms with van der Waals surface area (Å²) in [6.07, 6.45) is 4.13. The number of methoxy groups -OCH3 is 1. The lowest BCUT2D eigenvalue weighted by Crippen LogP contribution is -2.37. The largest absolute Gasteiger partial charge is 0.496 e. The first-order valence-electron chi connectivity index (χ1n) is 6.06. The second kappa shape index (κ2) is 4.88. The summed E-state index contributed by atoms with van der Waals surface area (Å²) in [5, 5.41) is 3.54. The fourth-order valence-electron chi connectivity index (χ4n) is 2.31. The van der Waals surface area contributed by atoms with Crippen LogP contribution in [-0.2, 0) is 6.54 Å². The maximum Gasteiger partial charge on any atom is 0.123 e. The van der Waals surface area contributed by atoms with Gasteiger partial charge in [0.2, 0.25) is 0 Å². The molecule has 1 aliphatic carbocycles. The number of nitrogens with one attached hydrogen (secondary N) is 1. The Kier molecular flexibility index (Phi) is 3.49. The molecule has 2 rings (SSSR count). The van der Waals surface area contributed by atoms with Crippen LogP contribution in [0.25, 0.3) is 0 Å². The van der Waals surface area contributed by atoms with Crippen molar-refractivity contribution in [2.45, 2.75) is 32.7 Å². The molecule has 1 fully saturated rings. The Morgan fingerprint density at radius 3 is 2.69 bits per heavy atom. The highest BCUT2D eigenvalue weighted by atomic mass is 16.5. The standard InChI is InChI=1S/C14H21NO/c1-14(8-5-9-14)11-15-10-12-6-3-4-7-13(12)16-2/h3-4,6-7,15H,5,8-11H2,1-2H3. The van der Waals surface area contributed by atoms with Gasteiger partial charge in [-0.15, -0.1) is 0 Å². The van der Waals surface area contributed by atoms with Crippen molar-refractivity contribution in [3.8, 4) is 5.75 Å². The topological polar surface area (TPSA) is 21.3 Å². The Labute approximate surface area is 98.0 Å². The van der Waals surface area contributed by atoms with Crippen molar-refractivity contribution in [2.24, 2.45) is 5.41 Å². The van der Waals surface area contributed by atoms with Crippen LogP contribution in [0.4, 0.5) is 0 Å². The third-order valence-corrected chi connectivity index (χ3v) is 3.62. The van der Waals surface area contributed by atoms with Crippen LogP contribution in [-0.4, -0.2) is 13.7 Å². The lowest BCUT2D eigenvalue weighted by molar-refractivity contribution is 0.156. The fourth-order valence-corrected chi connectivity index (χ4v) is 2.31. The summed E-state index contributed by atoms with van der Waals surface area (Å²) in [7, 11) is 1.73. The Hall–Kier alpha value is -1.02. The SMILES string of the molecule is COc1ccccc1CNCC1(C)CCC1. The van der Waals surface area contributed by atoms with Crippen LogP contribution in [0, 0.1) is 5.41 Å². The number of hydrogen-bond acceptors (Lipinski definition) is 2. The molecule has 1 N–H and O–H groups in total. The van der Waals surface area contributed by atoms with Crippen molar-refractivity contribution in [1.82, 2.24) is 5.32 Å². The van der Waals surface area contributed by atoms with Crippen molar-refractivity contribution >= 4 is 0 Å². The summed E-state index contributed by atoms with van der Waals surface area (Å²) in [6, 6.07) is 8.21. The number of benzene rings is 1. The molecule has 0 unspecified atom stereocenters. The highest BCUT2D eigenvalue weighted by Gasteiger charge is 2.30. The summed E-state index contributed by atoms with van der Waals surface area (Å²) in [6.45, 7) is 4.39. The van der Waals surface area contributed by atoms with Gasteiger partial charge in [-0.05, 0) is 24.3 Å². The van der Waals surface area contributed by atoms with Gasteiger partial charge < -0.3 is 10.1 Å². The van der Waals surface area contributed by atoms with Crippen molar-refractivity contribution in [1.29, 1.82) is 0 Å². The van der Waals surface area contributed by atoms with E-state index >= 15 is 0 Å². The third-order valence-electron chi connectivity index (χ3n) is 3.62. The molecule has 1 saturated carbocycles. The van der Waals surface area contributed by atoms with Gasteiger partial charge in [-0.2, -0.15) is 0 Å². The summed E-state index contributed by atoms with van der Waals surface area (Å²) in [5.74, 6) is 0.980. The molecule has 0 spiro atoms. The van der Waals surface area contributed by atoms with Gasteiger partial charge in [0, 0.05) is 18.7 Å². The van der Waals surface area contributed by atoms with E-state index in [-0.39, 0.29) is 0 Å². The molecule has 0 amide bonds. The molecule has 1 aromatic rings. The van der Waals surface area contributed by atoms with Gasteiger partial charge in [0.05, 0.1) is 7.11 Å². The van der Waals surface area contributed by atoms with E-state index < -0.39 is 0 Å². The van der Waals surface area contributed by atoms with Crippen molar-refractivity contribution in [3.63, 3.8) is 0 Å². The monoisotopic (exact) mass is 219 g/mol. The third kappa shape index (κ3) is 2.56. The number of para-hydroxylation sites is 1. The van der Waals surface area contributed by atoms with E-state index in [4.69, 9.17) is 4.74 Å². The first kappa shape index (κ1) is 11.5. The molecule has 0 aromatic heterocycles. The minimum Gasteiger partial charge on any atom is -0.496 e. The lowest BCUT2D eigenvalue weighted by atomic mass is 9.70. The first-order valence-corrected chi connectivity index (χ1v) is 6.06. The maximum atomic E-state index is 5.33. The van der Waals surface area contributed by atoms with E-state index in [0.29, 0.717) is 5.41 Å². The van der Waals surface area contributed by atoms with E-state index in [0.717, 1.165) is 18.8 Å². The Bertz CT molecular complexity index is 344. The second-order valence-electron chi connectivity index (χ2n) is 5.08. The van der Waals surface area contributed by atoms with Crippen LogP contribution in [0.3, 0.4) is 0 Å². The van der Waals surface area contributed by atoms with Crippen molar-refractivity contribution < 1.29 is 4.74 Å². The molecule has 2 heteroatoms. The fraction of sp³-hybridized carbons (Fsp3) is 0.571. The number of hydrogen-bond donors (Lipinski definition) is 1. The maximum absolute atomic E-state index is 5.33. The summed E-state index contributed by atoms with van der Waals surface area (Å²) >= 11 is 0. The van der Waals surface area contributed by atoms with E-state index in [1.54, 1.807) is 7.11 Å². The van der Waals surface area contributed by atoms with Gasteiger partial charge in [-0.25, -0.2) is 0 Å². The van der Waals surface area contributed by atoms with Crippen LogP contribution in [0.5, 0.6) is 5.75 Å². The molecule has 0 aliphatic heterocycles. The molecule has 0 heterocycles. The Balaban J connectivity index is 1.84. The predicted octanol–water partition coefficient (Wildman–Crippen LogP) is 2.98. The molecule has 0 atom stereocenters. The van der Waals surface area contributed by atoms with E-state index in [9.17, 15) is 0 Å². The average molecular weight is 219 g/mol. The van der Waals surface area contributed by atoms with Crippen LogP contribution < -0.4 is 10.1 Å². The molecule has 16 heavy (non-hydrogen) atoms. The quantitative estimate of drug-likeness (QED) is 0.822. The smallest absolute Gasteiger partial charge is 0.123 e. The van der Waals surface area contributed by atoms with Crippen molar-refractivity contribution in [3.05, 3.63) is 29.8 Å². The molecule has 2 nitrogen and oxygen atoms in total. The summed E-state index contributed by atoms with van der Waals surface area (Å²) in [4.78, 5) is 0. The van der Waals surface area contributed by atoms with Crippen LogP contribution in [0.15, 0.2) is 24.3 Å². The van der Waals surface area contributed by atoms with Crippen LogP contribution in [0.2, 0.25) is 0 Å². The number of ether oxygens (including phenoxy) is 1. The average Bonchev–Trinajstić information content (AvgIpc) is 2.27. The Morgan fingerprint density at radius 1 is 1.31 bits per heavy atom. The molecule has 88 valence electrons. The minimum absolute atomic E-state index is 0.544. The zero-order valence-electron chi connectivity index (χ0n) is 10.3. The highest BCUT2D eigenvalue weighted by Crippen LogP contribution is 2.39. The second-order valence-corrected chi connectivity index (χ2v) is 5.08. The van der Waals surface area contributed by atoms with Gasteiger partial charge in [-0.1, -0.05) is 31.5 Å². The molecule has 1 aliphatic rings. The Morgan fingerprint density at radius 2 is 2.06 bits per heavy atom. The van der Waals surface area contributed by atoms with Gasteiger partial charge in [0.25, 0.3) is 0 Å². The highest BCUT2D eigenvalue weighted by molar-refractivity contribution is 5.32. The lowest BCUT2D eigenvalue weighted by Gasteiger charge is -2.38. The van der Waals surface area contributed by atoms with E-state index in [1.165, 1.54) is 24.8 Å². The predicted molar refractivity (Wildman–Crippen MR) is 66.7 cm³/mol. The first-order chi connectivity index (χ1) is 7.73. The molecular weight excluding hydrogens is 198 g/mol. The zero-order valence-corrected chi connectivity index (χ0v) is 10.3. The van der Waals surface area contributed by atoms with Crippen LogP contribution >= 0.6 is 0 Å². The van der Waals surface area contributed by atoms with Gasteiger partial charge in [0.1, 0.15) is 5.75 Å². The molecule has 1 aromatic carbocycles. The van der Waals surface area contributed by atoms with Crippen LogP contribution in [0.1, 0.15) is 31.7 Å². The van der Waals surface area contributed by atoms with Gasteiger partial charge in [-0.3, -0.25) is 0 Å². The van der Waals surface area contributed by atoms with E-state index in [2.05, 4.69) is 24.4 Å². The van der Waals surface area contributed by atoms with E-state index in [1.807, 2.05) is 12.1 Å². The number of rotatable bonds is 5. The summed E-state index contributed by atoms with van der Waals surface area (Å²) in [5.41, 5.74) is 1.79. The van der Waals surface area contributed by atoms with Crippen molar-refractivity contribution in [2.75, 3.05) is 13.7 Å². The minimum atomic E-state index is 0.544. The molecule has 0 saturated heterocycles. The molecular formula is C14H21NO.